The quantitative estimate of drug-likeness (QED) is 0.667. The van der Waals surface area contributed by atoms with Gasteiger partial charge in [-0.3, -0.25) is 0 Å². The molecule has 3 nitrogen and oxygen atoms in total. The molecule has 0 atom stereocenters. The molecule has 0 N–H and O–H groups in total. The maximum Gasteiger partial charge on any atom is 1.00 e. The van der Waals surface area contributed by atoms with Crippen LogP contribution in [-0.4, -0.2) is 34.0 Å². The van der Waals surface area contributed by atoms with Crippen LogP contribution in [0.4, 0.5) is 12.9 Å². The van der Waals surface area contributed by atoms with Crippen LogP contribution in [0.3, 0.4) is 0 Å². The maximum absolute atomic E-state index is 12.7. The molecule has 0 aromatic heterocycles. The zero-order valence-electron chi connectivity index (χ0n) is 12.2. The molecule has 0 unspecified atom stereocenters. The molecule has 0 radical (unpaired) electrons. The van der Waals surface area contributed by atoms with Gasteiger partial charge in [0, 0.05) is 6.26 Å². The van der Waals surface area contributed by atoms with Gasteiger partial charge in [-0.05, 0) is 22.9 Å². The predicted molar refractivity (Wildman–Crippen MR) is 77.9 cm³/mol. The minimum Gasteiger partial charge on any atom is -0.493 e. The number of sulfone groups is 1. The molecule has 22 heavy (non-hydrogen) atoms. The van der Waals surface area contributed by atoms with E-state index in [1.165, 1.54) is 18.2 Å². The average molecular weight is 356 g/mol. The van der Waals surface area contributed by atoms with E-state index in [0.717, 1.165) is 18.4 Å². The molecule has 0 fully saturated rings. The predicted octanol–water partition coefficient (Wildman–Crippen LogP) is -0.678. The van der Waals surface area contributed by atoms with Gasteiger partial charge in [0.2, 0.25) is 0 Å². The summed E-state index contributed by atoms with van der Waals surface area (Å²) < 4.78 is 65.2. The van der Waals surface area contributed by atoms with Crippen molar-refractivity contribution in [3.63, 3.8) is 0 Å². The number of halogens is 3. The summed E-state index contributed by atoms with van der Waals surface area (Å²) in [4.78, 5) is 0. The summed E-state index contributed by atoms with van der Waals surface area (Å²) in [5, 5.41) is 1.07. The van der Waals surface area contributed by atoms with Gasteiger partial charge in [0.25, 0.3) is 0 Å². The van der Waals surface area contributed by atoms with Crippen LogP contribution in [0, 0.1) is 0 Å². The molecule has 0 spiro atoms. The Labute approximate surface area is 169 Å². The third-order valence-electron chi connectivity index (χ3n) is 2.94. The Morgan fingerprint density at radius 1 is 1.05 bits per heavy atom. The van der Waals surface area contributed by atoms with E-state index in [4.69, 9.17) is 4.74 Å². The van der Waals surface area contributed by atoms with Crippen LogP contribution < -0.4 is 61.6 Å². The van der Waals surface area contributed by atoms with Gasteiger partial charge in [-0.25, -0.2) is 8.42 Å². The molecule has 114 valence electrons. The normalized spacial score (nSPS) is 12.0. The zero-order valence-corrected chi connectivity index (χ0v) is 16.2. The number of hydrogen-bond donors (Lipinski definition) is 0. The second-order valence-corrected chi connectivity index (χ2v) is 7.08. The van der Waals surface area contributed by atoms with Crippen LogP contribution in [0.25, 0.3) is 10.8 Å². The Kier molecular flexibility index (Phi) is 6.97. The molecule has 0 saturated heterocycles. The van der Waals surface area contributed by atoms with Gasteiger partial charge < -0.3 is 17.7 Å². The van der Waals surface area contributed by atoms with E-state index in [1.807, 2.05) is 0 Å². The van der Waals surface area contributed by atoms with Crippen molar-refractivity contribution in [2.75, 3.05) is 18.6 Å². The summed E-state index contributed by atoms with van der Waals surface area (Å²) in [6.07, 6.45) is 1.11. The first-order valence-corrected chi connectivity index (χ1v) is 8.25. The summed E-state index contributed by atoms with van der Waals surface area (Å²) in [6, 6.07) is 8.14. The van der Waals surface area contributed by atoms with Crippen molar-refractivity contribution >= 4 is 33.0 Å². The van der Waals surface area contributed by atoms with Crippen molar-refractivity contribution in [1.29, 1.82) is 0 Å². The summed E-state index contributed by atoms with van der Waals surface area (Å²) in [7, 11) is -3.11. The van der Waals surface area contributed by atoms with Gasteiger partial charge >= 0.3 is 58.4 Å². The van der Waals surface area contributed by atoms with E-state index in [-0.39, 0.29) is 63.7 Å². The molecule has 0 saturated carbocycles. The number of rotatable bonds is 5. The number of hydrogen-bond acceptors (Lipinski definition) is 3. The third kappa shape index (κ3) is 5.86. The maximum atomic E-state index is 12.7. The van der Waals surface area contributed by atoms with E-state index >= 15 is 0 Å². The average Bonchev–Trinajstić information content (AvgIpc) is 2.35. The largest absolute Gasteiger partial charge is 1.00 e. The van der Waals surface area contributed by atoms with Crippen LogP contribution in [-0.2, 0) is 9.84 Å². The van der Waals surface area contributed by atoms with Crippen molar-refractivity contribution in [2.24, 2.45) is 0 Å². The second-order valence-electron chi connectivity index (χ2n) is 4.82. The molecule has 2 aromatic rings. The van der Waals surface area contributed by atoms with Gasteiger partial charge in [0.15, 0.2) is 9.84 Å². The monoisotopic (exact) mass is 356 g/mol. The van der Waals surface area contributed by atoms with Gasteiger partial charge in [0.05, 0.1) is 5.75 Å². The standard InChI is InChI=1S/C13H13BF3O3S.K/c1-21(18,19)7-6-20-13-5-3-10-8-12(14(15,16)17)4-2-11(10)9-13;/h2-5,8-9H,6-7H2,1H3;/q-1;+1. The van der Waals surface area contributed by atoms with Crippen LogP contribution in [0.2, 0.25) is 0 Å². The van der Waals surface area contributed by atoms with Crippen LogP contribution in [0.15, 0.2) is 36.4 Å². The van der Waals surface area contributed by atoms with Crippen molar-refractivity contribution in [3.8, 4) is 5.75 Å². The molecule has 0 bridgehead atoms. The van der Waals surface area contributed by atoms with Crippen molar-refractivity contribution < 1.29 is 77.5 Å². The Bertz CT molecular complexity index is 763. The summed E-state index contributed by atoms with van der Waals surface area (Å²) in [5.74, 6) is 0.317. The fraction of sp³-hybridized carbons (Fsp3) is 0.231. The molecule has 2 aromatic carbocycles. The Balaban J connectivity index is 0.00000242. The van der Waals surface area contributed by atoms with E-state index in [1.54, 1.807) is 6.07 Å². The van der Waals surface area contributed by atoms with E-state index < -0.39 is 22.3 Å². The summed E-state index contributed by atoms with van der Waals surface area (Å²) in [5.41, 5.74) is -0.645. The minimum absolute atomic E-state index is 0. The molecule has 9 heteroatoms. The van der Waals surface area contributed by atoms with Crippen LogP contribution in [0.1, 0.15) is 0 Å². The Hall–Kier alpha value is -0.0587. The summed E-state index contributed by atoms with van der Waals surface area (Å²) in [6.45, 7) is -5.01. The van der Waals surface area contributed by atoms with Gasteiger partial charge in [-0.15, -0.1) is 5.46 Å². The fourth-order valence-electron chi connectivity index (χ4n) is 1.85. The molecule has 2 rings (SSSR count). The summed E-state index contributed by atoms with van der Waals surface area (Å²) >= 11 is 0. The first kappa shape index (κ1) is 20.0. The Morgan fingerprint density at radius 2 is 1.64 bits per heavy atom. The van der Waals surface area contributed by atoms with Crippen LogP contribution >= 0.6 is 0 Å². The topological polar surface area (TPSA) is 43.4 Å². The van der Waals surface area contributed by atoms with Gasteiger partial charge in [0.1, 0.15) is 12.4 Å². The molecular formula is C13H13BF3KO3S. The number of benzene rings is 2. The molecule has 0 aliphatic carbocycles. The van der Waals surface area contributed by atoms with Crippen molar-refractivity contribution in [1.82, 2.24) is 0 Å². The number of fused-ring (bicyclic) bond motifs is 1. The van der Waals surface area contributed by atoms with Crippen molar-refractivity contribution in [2.45, 2.75) is 0 Å². The first-order valence-electron chi connectivity index (χ1n) is 6.19. The third-order valence-corrected chi connectivity index (χ3v) is 3.84. The molecule has 0 aliphatic rings. The Morgan fingerprint density at radius 3 is 2.23 bits per heavy atom. The van der Waals surface area contributed by atoms with Crippen molar-refractivity contribution in [3.05, 3.63) is 36.4 Å². The van der Waals surface area contributed by atoms with E-state index in [2.05, 4.69) is 0 Å². The zero-order chi connectivity index (χ0) is 15.7. The fourth-order valence-corrected chi connectivity index (χ4v) is 2.23. The van der Waals surface area contributed by atoms with Crippen LogP contribution in [0.5, 0.6) is 5.75 Å². The van der Waals surface area contributed by atoms with E-state index in [0.29, 0.717) is 16.5 Å². The smallest absolute Gasteiger partial charge is 0.493 e. The van der Waals surface area contributed by atoms with Gasteiger partial charge in [-0.2, -0.15) is 0 Å². The minimum atomic E-state index is -5.02. The molecule has 0 aliphatic heterocycles. The SMILES string of the molecule is CS(=O)(=O)CCOc1ccc2cc([B-](F)(F)F)ccc2c1.[K+]. The molecular weight excluding hydrogens is 343 g/mol. The van der Waals surface area contributed by atoms with E-state index in [9.17, 15) is 21.4 Å². The first-order chi connectivity index (χ1) is 9.65. The second kappa shape index (κ2) is 7.67. The molecule has 0 amide bonds. The van der Waals surface area contributed by atoms with Gasteiger partial charge in [-0.1, -0.05) is 24.3 Å². The molecule has 0 heterocycles. The number of ether oxygens (including phenoxy) is 1.